The zero-order chi connectivity index (χ0) is 20.3. The molecule has 0 amide bonds. The minimum Gasteiger partial charge on any atom is -0.420 e. The van der Waals surface area contributed by atoms with Crippen LogP contribution in [0, 0.1) is 0 Å². The van der Waals surface area contributed by atoms with E-state index in [1.165, 1.54) is 6.20 Å². The van der Waals surface area contributed by atoms with Gasteiger partial charge in [-0.1, -0.05) is 11.6 Å². The first-order chi connectivity index (χ1) is 12.4. The van der Waals surface area contributed by atoms with Gasteiger partial charge in [0.25, 0.3) is 0 Å². The summed E-state index contributed by atoms with van der Waals surface area (Å²) in [6.45, 7) is 0. The predicted molar refractivity (Wildman–Crippen MR) is 96.4 cm³/mol. The average molecular weight is 489 g/mol. The summed E-state index contributed by atoms with van der Waals surface area (Å²) < 4.78 is 18.3. The van der Waals surface area contributed by atoms with Gasteiger partial charge >= 0.3 is 7.60 Å². The van der Waals surface area contributed by atoms with Gasteiger partial charge in [-0.2, -0.15) is 0 Å². The Bertz CT molecular complexity index is 907. The molecule has 150 valence electrons. The van der Waals surface area contributed by atoms with Crippen LogP contribution in [0.5, 0.6) is 5.75 Å². The van der Waals surface area contributed by atoms with Gasteiger partial charge in [0.15, 0.2) is 5.75 Å². The Morgan fingerprint density at radius 1 is 1.11 bits per heavy atom. The molecule has 27 heavy (non-hydrogen) atoms. The first-order valence-electron chi connectivity index (χ1n) is 7.53. The number of nitrogens with one attached hydrogen (secondary N) is 1. The van der Waals surface area contributed by atoms with Crippen molar-refractivity contribution in [2.24, 2.45) is 0 Å². The van der Waals surface area contributed by atoms with Gasteiger partial charge in [0.2, 0.25) is 5.34 Å². The molecular weight excluding hydrogens is 472 g/mol. The molecule has 0 saturated heterocycles. The fourth-order valence-corrected chi connectivity index (χ4v) is 5.11. The predicted octanol–water partition coefficient (Wildman–Crippen LogP) is -0.345. The fraction of sp³-hybridized carbons (Fsp3) is 0.429. The van der Waals surface area contributed by atoms with E-state index in [1.54, 1.807) is 12.1 Å². The molecule has 8 N–H and O–H groups in total. The van der Waals surface area contributed by atoms with Crippen LogP contribution in [-0.4, -0.2) is 76.4 Å². The maximum atomic E-state index is 12.8. The standard InChI is InChI=1S/C14H16BrClNO9P/c15-4-1-2-5-7(8(4)16)6(3-17-5)26-27(24,25)14(23)12(21)10(19)9(18)11(20)13(14)22/h1-3,9-13,17-23H,(H,24,25)/t9?,10-,11+,12-,13-,14?/m1/s1. The molecule has 3 unspecified atom stereocenters. The number of aromatic amines is 1. The lowest BCUT2D eigenvalue weighted by Gasteiger charge is -2.47. The van der Waals surface area contributed by atoms with Crippen LogP contribution in [0.3, 0.4) is 0 Å². The van der Waals surface area contributed by atoms with Gasteiger partial charge in [0, 0.05) is 10.7 Å². The highest BCUT2D eigenvalue weighted by Gasteiger charge is 2.68. The van der Waals surface area contributed by atoms with Gasteiger partial charge < -0.3 is 45.0 Å². The number of aromatic nitrogens is 1. The highest BCUT2D eigenvalue weighted by atomic mass is 79.9. The number of hydrogen-bond acceptors (Lipinski definition) is 8. The molecule has 1 aromatic heterocycles. The summed E-state index contributed by atoms with van der Waals surface area (Å²) in [5, 5.41) is 56.7. The molecule has 1 saturated carbocycles. The van der Waals surface area contributed by atoms with Crippen molar-refractivity contribution < 1.29 is 44.6 Å². The van der Waals surface area contributed by atoms with Crippen molar-refractivity contribution in [2.75, 3.05) is 0 Å². The van der Waals surface area contributed by atoms with Crippen LogP contribution < -0.4 is 4.52 Å². The van der Waals surface area contributed by atoms with Crippen molar-refractivity contribution in [1.29, 1.82) is 0 Å². The van der Waals surface area contributed by atoms with E-state index in [-0.39, 0.29) is 16.2 Å². The monoisotopic (exact) mass is 487 g/mol. The molecule has 3 rings (SSSR count). The van der Waals surface area contributed by atoms with E-state index in [9.17, 15) is 40.1 Å². The number of H-pyrrole nitrogens is 1. The van der Waals surface area contributed by atoms with Crippen LogP contribution >= 0.6 is 35.1 Å². The molecule has 0 spiro atoms. The van der Waals surface area contributed by atoms with Gasteiger partial charge in [0.05, 0.1) is 15.9 Å². The maximum absolute atomic E-state index is 12.8. The van der Waals surface area contributed by atoms with Crippen LogP contribution in [0.15, 0.2) is 22.8 Å². The number of rotatable bonds is 3. The first-order valence-corrected chi connectivity index (χ1v) is 10.3. The van der Waals surface area contributed by atoms with Gasteiger partial charge in [0.1, 0.15) is 30.5 Å². The smallest absolute Gasteiger partial charge is 0.413 e. The second-order valence-electron chi connectivity index (χ2n) is 6.19. The summed E-state index contributed by atoms with van der Waals surface area (Å²) in [6, 6.07) is 3.20. The van der Waals surface area contributed by atoms with Gasteiger partial charge in [-0.25, -0.2) is 4.57 Å². The third kappa shape index (κ3) is 3.03. The Balaban J connectivity index is 2.06. The number of fused-ring (bicyclic) bond motifs is 1. The second-order valence-corrected chi connectivity index (χ2v) is 9.37. The summed E-state index contributed by atoms with van der Waals surface area (Å²) in [6.07, 6.45) is -10.4. The zero-order valence-corrected chi connectivity index (χ0v) is 16.5. The van der Waals surface area contributed by atoms with Crippen molar-refractivity contribution in [3.05, 3.63) is 27.8 Å². The Hall–Kier alpha value is -0.720. The van der Waals surface area contributed by atoms with Crippen LogP contribution in [0.2, 0.25) is 5.02 Å². The average Bonchev–Trinajstić information content (AvgIpc) is 3.02. The largest absolute Gasteiger partial charge is 0.420 e. The lowest BCUT2D eigenvalue weighted by Crippen LogP contribution is -2.70. The minimum absolute atomic E-state index is 0.121. The minimum atomic E-state index is -5.39. The topological polar surface area (TPSA) is 184 Å². The van der Waals surface area contributed by atoms with Crippen LogP contribution in [-0.2, 0) is 4.57 Å². The number of hydrogen-bond donors (Lipinski definition) is 8. The summed E-state index contributed by atoms with van der Waals surface area (Å²) >= 11 is 9.34. The van der Waals surface area contributed by atoms with Crippen molar-refractivity contribution in [3.63, 3.8) is 0 Å². The highest BCUT2D eigenvalue weighted by Crippen LogP contribution is 2.60. The summed E-state index contributed by atoms with van der Waals surface area (Å²) in [5.74, 6) is -0.287. The van der Waals surface area contributed by atoms with Crippen LogP contribution in [0.1, 0.15) is 0 Å². The van der Waals surface area contributed by atoms with Crippen LogP contribution in [0.25, 0.3) is 10.9 Å². The van der Waals surface area contributed by atoms with E-state index in [0.29, 0.717) is 9.99 Å². The maximum Gasteiger partial charge on any atom is 0.413 e. The molecule has 0 bridgehead atoms. The van der Waals surface area contributed by atoms with E-state index < -0.39 is 43.5 Å². The number of aliphatic hydroxyl groups excluding tert-OH is 5. The SMILES string of the molecule is O=P(O)(Oc1c[nH]c2ccc(Br)c(Cl)c12)C1(O)[C@H](O)[C@H](O)C(O)[C@H](O)[C@H]1O. The first kappa shape index (κ1) is 21.0. The third-order valence-electron chi connectivity index (χ3n) is 4.59. The number of benzene rings is 1. The molecule has 10 nitrogen and oxygen atoms in total. The summed E-state index contributed by atoms with van der Waals surface area (Å²) in [5.41, 5.74) is 0.422. The van der Waals surface area contributed by atoms with E-state index in [0.717, 1.165) is 0 Å². The molecule has 2 aromatic rings. The number of aliphatic hydroxyl groups is 6. The molecule has 1 fully saturated rings. The quantitative estimate of drug-likeness (QED) is 0.268. The van der Waals surface area contributed by atoms with E-state index in [4.69, 9.17) is 16.1 Å². The third-order valence-corrected chi connectivity index (χ3v) is 7.75. The van der Waals surface area contributed by atoms with Crippen molar-refractivity contribution in [3.8, 4) is 5.75 Å². The Kier molecular flexibility index (Phi) is 5.41. The lowest BCUT2D eigenvalue weighted by molar-refractivity contribution is -0.243. The zero-order valence-electron chi connectivity index (χ0n) is 13.3. The van der Waals surface area contributed by atoms with E-state index >= 15 is 0 Å². The Labute approximate surface area is 165 Å². The van der Waals surface area contributed by atoms with E-state index in [2.05, 4.69) is 20.9 Å². The normalized spacial score (nSPS) is 36.6. The molecule has 7 atom stereocenters. The van der Waals surface area contributed by atoms with Crippen molar-refractivity contribution in [2.45, 2.75) is 35.9 Å². The van der Waals surface area contributed by atoms with Gasteiger partial charge in [-0.15, -0.1) is 0 Å². The molecule has 1 aliphatic rings. The molecule has 1 aromatic carbocycles. The molecule has 0 radical (unpaired) electrons. The lowest BCUT2D eigenvalue weighted by atomic mass is 9.84. The molecule has 1 heterocycles. The van der Waals surface area contributed by atoms with Crippen molar-refractivity contribution >= 4 is 46.0 Å². The van der Waals surface area contributed by atoms with Crippen molar-refractivity contribution in [1.82, 2.24) is 4.98 Å². The van der Waals surface area contributed by atoms with Gasteiger partial charge in [-0.3, -0.25) is 0 Å². The Morgan fingerprint density at radius 3 is 2.22 bits per heavy atom. The fourth-order valence-electron chi connectivity index (χ4n) is 2.99. The summed E-state index contributed by atoms with van der Waals surface area (Å²) in [4.78, 5) is 13.1. The van der Waals surface area contributed by atoms with E-state index in [1.807, 2.05) is 0 Å². The second kappa shape index (κ2) is 6.96. The highest BCUT2D eigenvalue weighted by molar-refractivity contribution is 9.10. The summed E-state index contributed by atoms with van der Waals surface area (Å²) in [7, 11) is -5.39. The van der Waals surface area contributed by atoms with Crippen LogP contribution in [0.4, 0.5) is 0 Å². The molecule has 1 aliphatic carbocycles. The number of halogens is 2. The molecule has 13 heteroatoms. The Morgan fingerprint density at radius 2 is 1.67 bits per heavy atom. The molecule has 0 aliphatic heterocycles. The van der Waals surface area contributed by atoms with Gasteiger partial charge in [-0.05, 0) is 28.1 Å². The molecular formula is C14H16BrClNO9P.